The number of fused-ring (bicyclic) bond motifs is 3. The van der Waals surface area contributed by atoms with Crippen LogP contribution in [0, 0.1) is 5.92 Å². The van der Waals surface area contributed by atoms with Gasteiger partial charge >= 0.3 is 0 Å². The summed E-state index contributed by atoms with van der Waals surface area (Å²) in [7, 11) is 0. The van der Waals surface area contributed by atoms with E-state index in [-0.39, 0.29) is 30.0 Å². The average molecular weight is 494 g/mol. The summed E-state index contributed by atoms with van der Waals surface area (Å²) in [6.07, 6.45) is 1.77. The zero-order valence-corrected chi connectivity index (χ0v) is 20.8. The molecule has 0 spiro atoms. The first-order chi connectivity index (χ1) is 16.6. The van der Waals surface area contributed by atoms with E-state index in [9.17, 15) is 14.4 Å². The van der Waals surface area contributed by atoms with Crippen molar-refractivity contribution in [2.24, 2.45) is 5.92 Å². The molecule has 1 fully saturated rings. The van der Waals surface area contributed by atoms with Gasteiger partial charge in [-0.15, -0.1) is 0 Å². The topological polar surface area (TPSA) is 96.3 Å². The quantitative estimate of drug-likeness (QED) is 0.569. The summed E-state index contributed by atoms with van der Waals surface area (Å²) in [5, 5.41) is 7.51. The lowest BCUT2D eigenvalue weighted by Gasteiger charge is -2.37. The molecule has 0 aliphatic carbocycles. The number of halogens is 1. The Morgan fingerprint density at radius 2 is 1.94 bits per heavy atom. The van der Waals surface area contributed by atoms with E-state index >= 15 is 0 Å². The third kappa shape index (κ3) is 4.27. The minimum absolute atomic E-state index is 0.0158. The Kier molecular flexibility index (Phi) is 5.79. The second kappa shape index (κ2) is 8.68. The second-order valence-electron chi connectivity index (χ2n) is 10.2. The number of nitrogens with zero attached hydrogens (tertiary/aromatic N) is 3. The molecule has 3 aromatic rings. The smallest absolute Gasteiger partial charge is 0.265 e. The molecule has 4 heterocycles. The fourth-order valence-corrected chi connectivity index (χ4v) is 4.88. The largest absolute Gasteiger partial charge is 0.383 e. The van der Waals surface area contributed by atoms with Crippen molar-refractivity contribution in [3.63, 3.8) is 0 Å². The molecule has 2 aliphatic rings. The van der Waals surface area contributed by atoms with Gasteiger partial charge < -0.3 is 15.5 Å². The van der Waals surface area contributed by atoms with Crippen LogP contribution in [0.1, 0.15) is 42.3 Å². The Bertz CT molecular complexity index is 1390. The molecule has 182 valence electrons. The second-order valence-corrected chi connectivity index (χ2v) is 10.6. The van der Waals surface area contributed by atoms with Gasteiger partial charge in [-0.3, -0.25) is 19.0 Å². The Hall–Kier alpha value is -3.39. The first-order valence-electron chi connectivity index (χ1n) is 11.8. The van der Waals surface area contributed by atoms with E-state index in [1.807, 2.05) is 12.1 Å². The minimum Gasteiger partial charge on any atom is -0.383 e. The molecule has 35 heavy (non-hydrogen) atoms. The standard InChI is InChI=1S/C26H28ClN5O3/c1-15-11-31(12-15)21(33)13-32-23-18(22-20(10-28-23)26(2,3)14-30-22)8-19(25(32)35)24(34)29-9-16-4-6-17(27)7-5-16/h4-8,10,15,30H,9,11-14H2,1-3H3,(H,29,34). The van der Waals surface area contributed by atoms with Gasteiger partial charge in [0.15, 0.2) is 0 Å². The SMILES string of the molecule is CC1CN(C(=O)Cn2c(=O)c(C(=O)NCc3ccc(Cl)cc3)cc3c4c(cnc32)C(C)(C)CN4)C1. The van der Waals surface area contributed by atoms with Crippen LogP contribution in [0.4, 0.5) is 5.69 Å². The summed E-state index contributed by atoms with van der Waals surface area (Å²) in [6.45, 7) is 8.45. The molecule has 0 unspecified atom stereocenters. The molecule has 0 radical (unpaired) electrons. The predicted octanol–water partition coefficient (Wildman–Crippen LogP) is 3.16. The van der Waals surface area contributed by atoms with Crippen LogP contribution in [-0.2, 0) is 23.3 Å². The minimum atomic E-state index is -0.530. The van der Waals surface area contributed by atoms with Crippen molar-refractivity contribution >= 4 is 40.1 Å². The van der Waals surface area contributed by atoms with Gasteiger partial charge in [-0.05, 0) is 29.7 Å². The van der Waals surface area contributed by atoms with Crippen molar-refractivity contribution in [2.75, 3.05) is 25.0 Å². The predicted molar refractivity (Wildman–Crippen MR) is 136 cm³/mol. The Morgan fingerprint density at radius 1 is 1.23 bits per heavy atom. The zero-order chi connectivity index (χ0) is 24.9. The third-order valence-corrected chi connectivity index (χ3v) is 7.12. The summed E-state index contributed by atoms with van der Waals surface area (Å²) in [6, 6.07) is 8.73. The lowest BCUT2D eigenvalue weighted by molar-refractivity contribution is -0.137. The highest BCUT2D eigenvalue weighted by atomic mass is 35.5. The summed E-state index contributed by atoms with van der Waals surface area (Å²) >= 11 is 5.94. The number of rotatable bonds is 5. The highest BCUT2D eigenvalue weighted by Gasteiger charge is 2.33. The van der Waals surface area contributed by atoms with Gasteiger partial charge in [0.2, 0.25) is 5.91 Å². The maximum absolute atomic E-state index is 13.5. The molecule has 0 atom stereocenters. The van der Waals surface area contributed by atoms with Crippen LogP contribution in [0.25, 0.3) is 11.0 Å². The van der Waals surface area contributed by atoms with Crippen molar-refractivity contribution in [2.45, 2.75) is 39.3 Å². The molecule has 0 bridgehead atoms. The summed E-state index contributed by atoms with van der Waals surface area (Å²) < 4.78 is 1.34. The first-order valence-corrected chi connectivity index (χ1v) is 12.1. The van der Waals surface area contributed by atoms with Crippen LogP contribution in [-0.4, -0.2) is 45.9 Å². The Balaban J connectivity index is 1.55. The molecule has 9 heteroatoms. The maximum Gasteiger partial charge on any atom is 0.265 e. The number of likely N-dealkylation sites (tertiary alicyclic amines) is 1. The monoisotopic (exact) mass is 493 g/mol. The number of carbonyl (C=O) groups excluding carboxylic acids is 2. The van der Waals surface area contributed by atoms with Gasteiger partial charge in [0, 0.05) is 53.8 Å². The normalized spacial score (nSPS) is 16.5. The molecule has 2 amide bonds. The van der Waals surface area contributed by atoms with Gasteiger partial charge in [0.1, 0.15) is 17.8 Å². The Morgan fingerprint density at radius 3 is 2.63 bits per heavy atom. The van der Waals surface area contributed by atoms with Crippen LogP contribution in [0.2, 0.25) is 5.02 Å². The van der Waals surface area contributed by atoms with E-state index in [2.05, 4.69) is 36.4 Å². The van der Waals surface area contributed by atoms with E-state index in [4.69, 9.17) is 11.6 Å². The van der Waals surface area contributed by atoms with Crippen LogP contribution in [0.3, 0.4) is 0 Å². The number of anilines is 1. The van der Waals surface area contributed by atoms with Gasteiger partial charge in [-0.2, -0.15) is 0 Å². The molecule has 1 aromatic carbocycles. The van der Waals surface area contributed by atoms with E-state index in [0.29, 0.717) is 41.6 Å². The molecule has 5 rings (SSSR count). The molecular weight excluding hydrogens is 466 g/mol. The number of hydrogen-bond donors (Lipinski definition) is 2. The van der Waals surface area contributed by atoms with Crippen molar-refractivity contribution in [1.29, 1.82) is 0 Å². The molecule has 0 saturated carbocycles. The zero-order valence-electron chi connectivity index (χ0n) is 20.0. The van der Waals surface area contributed by atoms with Crippen LogP contribution in [0.5, 0.6) is 0 Å². The van der Waals surface area contributed by atoms with Crippen molar-refractivity contribution < 1.29 is 9.59 Å². The number of benzene rings is 1. The number of pyridine rings is 2. The maximum atomic E-state index is 13.5. The molecular formula is C26H28ClN5O3. The van der Waals surface area contributed by atoms with E-state index in [0.717, 1.165) is 16.8 Å². The van der Waals surface area contributed by atoms with E-state index < -0.39 is 11.5 Å². The first kappa shape index (κ1) is 23.4. The summed E-state index contributed by atoms with van der Waals surface area (Å²) in [5.41, 5.74) is 2.44. The number of amides is 2. The van der Waals surface area contributed by atoms with E-state index in [1.54, 1.807) is 29.3 Å². The Labute approximate surface area is 208 Å². The average Bonchev–Trinajstić information content (AvgIpc) is 3.12. The molecule has 1 saturated heterocycles. The number of hydrogen-bond acceptors (Lipinski definition) is 5. The van der Waals surface area contributed by atoms with Crippen molar-refractivity contribution in [1.82, 2.24) is 19.8 Å². The fraction of sp³-hybridized carbons (Fsp3) is 0.385. The highest BCUT2D eigenvalue weighted by Crippen LogP contribution is 2.39. The number of aromatic nitrogens is 2. The summed E-state index contributed by atoms with van der Waals surface area (Å²) in [5.74, 6) is -0.202. The van der Waals surface area contributed by atoms with Crippen LogP contribution >= 0.6 is 11.6 Å². The lowest BCUT2D eigenvalue weighted by atomic mass is 9.87. The lowest BCUT2D eigenvalue weighted by Crippen LogP contribution is -2.50. The number of carbonyl (C=O) groups is 2. The van der Waals surface area contributed by atoms with Gasteiger partial charge in [0.05, 0.1) is 5.69 Å². The highest BCUT2D eigenvalue weighted by molar-refractivity contribution is 6.30. The van der Waals surface area contributed by atoms with Crippen molar-refractivity contribution in [3.8, 4) is 0 Å². The van der Waals surface area contributed by atoms with E-state index in [1.165, 1.54) is 4.57 Å². The van der Waals surface area contributed by atoms with Crippen LogP contribution < -0.4 is 16.2 Å². The fourth-order valence-electron chi connectivity index (χ4n) is 4.75. The molecule has 2 N–H and O–H groups in total. The molecule has 8 nitrogen and oxygen atoms in total. The summed E-state index contributed by atoms with van der Waals surface area (Å²) in [4.78, 5) is 45.9. The van der Waals surface area contributed by atoms with Crippen LogP contribution in [0.15, 0.2) is 41.3 Å². The van der Waals surface area contributed by atoms with Gasteiger partial charge in [0.25, 0.3) is 11.5 Å². The third-order valence-electron chi connectivity index (χ3n) is 6.87. The van der Waals surface area contributed by atoms with Crippen molar-refractivity contribution in [3.05, 3.63) is 68.6 Å². The van der Waals surface area contributed by atoms with Gasteiger partial charge in [-0.1, -0.05) is 44.5 Å². The van der Waals surface area contributed by atoms with Gasteiger partial charge in [-0.25, -0.2) is 4.98 Å². The molecule has 2 aromatic heterocycles. The number of nitrogens with one attached hydrogen (secondary N) is 2. The molecule has 2 aliphatic heterocycles.